The lowest BCUT2D eigenvalue weighted by Crippen LogP contribution is -2.50. The van der Waals surface area contributed by atoms with Crippen LogP contribution in [0.4, 0.5) is 0 Å². The first-order valence-corrected chi connectivity index (χ1v) is 11.1. The van der Waals surface area contributed by atoms with Crippen LogP contribution in [0.15, 0.2) is 4.99 Å². The molecule has 1 saturated carbocycles. The third-order valence-corrected chi connectivity index (χ3v) is 5.91. The Morgan fingerprint density at radius 1 is 1.11 bits per heavy atom. The Morgan fingerprint density at radius 3 is 2.44 bits per heavy atom. The first-order valence-electron chi connectivity index (χ1n) is 11.1. The Bertz CT molecular complexity index is 451. The largest absolute Gasteiger partial charge is 0.356 e. The standard InChI is InChI=1S/C21H41N5O/c1-4-5-13-26-14-11-19(12-15-26)24-21(23-17-20(27)25(2)3)22-16-18-9-7-6-8-10-18/h18-19H,4-17H2,1-3H3,(H2,22,23,24). The molecule has 0 atom stereocenters. The van der Waals surface area contributed by atoms with Crippen molar-refractivity contribution in [1.82, 2.24) is 20.4 Å². The number of carbonyl (C=O) groups excluding carboxylic acids is 1. The van der Waals surface area contributed by atoms with E-state index < -0.39 is 0 Å². The molecule has 0 aromatic heterocycles. The van der Waals surface area contributed by atoms with E-state index in [2.05, 4.69) is 27.4 Å². The molecule has 2 fully saturated rings. The average Bonchev–Trinajstić information content (AvgIpc) is 2.69. The number of aliphatic imine (C=N–C) groups is 1. The SMILES string of the molecule is CCCCN1CCC(NC(=NCC(=O)N(C)C)NCC2CCCCC2)CC1. The van der Waals surface area contributed by atoms with Gasteiger partial charge in [0.25, 0.3) is 0 Å². The summed E-state index contributed by atoms with van der Waals surface area (Å²) in [4.78, 5) is 20.7. The molecule has 6 nitrogen and oxygen atoms in total. The Labute approximate surface area is 166 Å². The fourth-order valence-corrected chi connectivity index (χ4v) is 3.95. The Balaban J connectivity index is 1.83. The van der Waals surface area contributed by atoms with E-state index in [1.807, 2.05) is 0 Å². The molecule has 1 aliphatic carbocycles. The summed E-state index contributed by atoms with van der Waals surface area (Å²) in [5.74, 6) is 1.61. The van der Waals surface area contributed by atoms with Crippen molar-refractivity contribution >= 4 is 11.9 Å². The second kappa shape index (κ2) is 12.2. The average molecular weight is 380 g/mol. The van der Waals surface area contributed by atoms with Gasteiger partial charge in [0.05, 0.1) is 0 Å². The van der Waals surface area contributed by atoms with Crippen molar-refractivity contribution in [2.45, 2.75) is 70.8 Å². The van der Waals surface area contributed by atoms with Crippen LogP contribution in [0, 0.1) is 5.92 Å². The van der Waals surface area contributed by atoms with Gasteiger partial charge in [-0.25, -0.2) is 4.99 Å². The summed E-state index contributed by atoms with van der Waals surface area (Å²) < 4.78 is 0. The second-order valence-electron chi connectivity index (χ2n) is 8.45. The van der Waals surface area contributed by atoms with Crippen LogP contribution in [0.2, 0.25) is 0 Å². The number of nitrogens with one attached hydrogen (secondary N) is 2. The fraction of sp³-hybridized carbons (Fsp3) is 0.905. The van der Waals surface area contributed by atoms with Crippen molar-refractivity contribution < 1.29 is 4.79 Å². The maximum Gasteiger partial charge on any atom is 0.243 e. The normalized spacial score (nSPS) is 20.5. The van der Waals surface area contributed by atoms with Gasteiger partial charge in [-0.1, -0.05) is 32.6 Å². The van der Waals surface area contributed by atoms with Gasteiger partial charge in [-0.15, -0.1) is 0 Å². The van der Waals surface area contributed by atoms with Crippen LogP contribution in [-0.4, -0.2) is 74.5 Å². The predicted molar refractivity (Wildman–Crippen MR) is 113 cm³/mol. The summed E-state index contributed by atoms with van der Waals surface area (Å²) in [6, 6.07) is 0.454. The summed E-state index contributed by atoms with van der Waals surface area (Å²) in [5, 5.41) is 7.14. The van der Waals surface area contributed by atoms with Crippen molar-refractivity contribution in [3.8, 4) is 0 Å². The highest BCUT2D eigenvalue weighted by atomic mass is 16.2. The number of rotatable bonds is 8. The van der Waals surface area contributed by atoms with Gasteiger partial charge >= 0.3 is 0 Å². The molecule has 0 bridgehead atoms. The molecular weight excluding hydrogens is 338 g/mol. The molecule has 1 aliphatic heterocycles. The van der Waals surface area contributed by atoms with E-state index in [1.165, 1.54) is 51.5 Å². The van der Waals surface area contributed by atoms with Gasteiger partial charge in [-0.3, -0.25) is 4.79 Å². The topological polar surface area (TPSA) is 60.0 Å². The molecule has 0 spiro atoms. The molecule has 6 heteroatoms. The van der Waals surface area contributed by atoms with E-state index in [9.17, 15) is 4.79 Å². The van der Waals surface area contributed by atoms with Gasteiger partial charge < -0.3 is 20.4 Å². The van der Waals surface area contributed by atoms with Gasteiger partial charge in [0, 0.05) is 39.8 Å². The zero-order chi connectivity index (χ0) is 19.5. The summed E-state index contributed by atoms with van der Waals surface area (Å²) in [6.45, 7) is 6.97. The highest BCUT2D eigenvalue weighted by molar-refractivity contribution is 5.84. The fourth-order valence-electron chi connectivity index (χ4n) is 3.95. The molecule has 27 heavy (non-hydrogen) atoms. The smallest absolute Gasteiger partial charge is 0.243 e. The van der Waals surface area contributed by atoms with Crippen molar-refractivity contribution in [3.63, 3.8) is 0 Å². The first-order chi connectivity index (χ1) is 13.1. The summed E-state index contributed by atoms with van der Waals surface area (Å²) >= 11 is 0. The molecule has 0 aromatic carbocycles. The third kappa shape index (κ3) is 8.50. The number of unbranched alkanes of at least 4 members (excludes halogenated alkanes) is 1. The Kier molecular flexibility index (Phi) is 9.95. The molecule has 2 rings (SSSR count). The van der Waals surface area contributed by atoms with Gasteiger partial charge in [0.2, 0.25) is 5.91 Å². The van der Waals surface area contributed by atoms with Crippen molar-refractivity contribution in [2.24, 2.45) is 10.9 Å². The highest BCUT2D eigenvalue weighted by Gasteiger charge is 2.20. The number of carbonyl (C=O) groups is 1. The maximum absolute atomic E-state index is 11.9. The highest BCUT2D eigenvalue weighted by Crippen LogP contribution is 2.22. The third-order valence-electron chi connectivity index (χ3n) is 5.91. The number of hydrogen-bond acceptors (Lipinski definition) is 3. The Hall–Kier alpha value is -1.30. The molecule has 1 amide bonds. The van der Waals surface area contributed by atoms with Gasteiger partial charge in [-0.2, -0.15) is 0 Å². The number of hydrogen-bond donors (Lipinski definition) is 2. The number of nitrogens with zero attached hydrogens (tertiary/aromatic N) is 3. The summed E-state index contributed by atoms with van der Waals surface area (Å²) in [7, 11) is 3.57. The maximum atomic E-state index is 11.9. The van der Waals surface area contributed by atoms with Crippen LogP contribution in [0.25, 0.3) is 0 Å². The lowest BCUT2D eigenvalue weighted by molar-refractivity contribution is -0.127. The van der Waals surface area contributed by atoms with Crippen LogP contribution in [0.1, 0.15) is 64.7 Å². The molecule has 2 N–H and O–H groups in total. The zero-order valence-electron chi connectivity index (χ0n) is 17.8. The monoisotopic (exact) mass is 379 g/mol. The van der Waals surface area contributed by atoms with Crippen LogP contribution >= 0.6 is 0 Å². The predicted octanol–water partition coefficient (Wildman–Crippen LogP) is 2.45. The molecular formula is C21H41N5O. The van der Waals surface area contributed by atoms with Crippen LogP contribution in [0.5, 0.6) is 0 Å². The van der Waals surface area contributed by atoms with Gasteiger partial charge in [0.1, 0.15) is 6.54 Å². The Morgan fingerprint density at radius 2 is 1.81 bits per heavy atom. The van der Waals surface area contributed by atoms with Crippen LogP contribution < -0.4 is 10.6 Å². The van der Waals surface area contributed by atoms with Crippen LogP contribution in [0.3, 0.4) is 0 Å². The quantitative estimate of drug-likeness (QED) is 0.502. The van der Waals surface area contributed by atoms with E-state index in [0.717, 1.165) is 44.4 Å². The number of likely N-dealkylation sites (N-methyl/N-ethyl adjacent to an activating group) is 1. The number of likely N-dealkylation sites (tertiary alicyclic amines) is 1. The lowest BCUT2D eigenvalue weighted by atomic mass is 9.89. The van der Waals surface area contributed by atoms with E-state index in [-0.39, 0.29) is 12.5 Å². The summed E-state index contributed by atoms with van der Waals surface area (Å²) in [6.07, 6.45) is 11.6. The van der Waals surface area contributed by atoms with Gasteiger partial charge in [-0.05, 0) is 44.6 Å². The van der Waals surface area contributed by atoms with Crippen molar-refractivity contribution in [2.75, 3.05) is 46.8 Å². The van der Waals surface area contributed by atoms with Crippen molar-refractivity contribution in [1.29, 1.82) is 0 Å². The minimum atomic E-state index is 0.0446. The molecule has 1 heterocycles. The minimum Gasteiger partial charge on any atom is -0.356 e. The molecule has 0 unspecified atom stereocenters. The van der Waals surface area contributed by atoms with E-state index in [1.54, 1.807) is 19.0 Å². The molecule has 1 saturated heterocycles. The zero-order valence-corrected chi connectivity index (χ0v) is 17.8. The van der Waals surface area contributed by atoms with E-state index in [4.69, 9.17) is 0 Å². The molecule has 2 aliphatic rings. The molecule has 0 radical (unpaired) electrons. The number of amides is 1. The van der Waals surface area contributed by atoms with Gasteiger partial charge in [0.15, 0.2) is 5.96 Å². The van der Waals surface area contributed by atoms with Crippen molar-refractivity contribution in [3.05, 3.63) is 0 Å². The molecule has 0 aromatic rings. The second-order valence-corrected chi connectivity index (χ2v) is 8.45. The van der Waals surface area contributed by atoms with E-state index in [0.29, 0.717) is 6.04 Å². The number of guanidine groups is 1. The minimum absolute atomic E-state index is 0.0446. The lowest BCUT2D eigenvalue weighted by Gasteiger charge is -2.33. The van der Waals surface area contributed by atoms with Crippen LogP contribution in [-0.2, 0) is 4.79 Å². The first kappa shape index (κ1) is 22.0. The number of piperidine rings is 1. The summed E-state index contributed by atoms with van der Waals surface area (Å²) in [5.41, 5.74) is 0. The molecule has 156 valence electrons. The van der Waals surface area contributed by atoms with E-state index >= 15 is 0 Å².